The van der Waals surface area contributed by atoms with E-state index in [-0.39, 0.29) is 12.1 Å². The van der Waals surface area contributed by atoms with Crippen LogP contribution < -0.4 is 10.9 Å². The Labute approximate surface area is 186 Å². The Balaban J connectivity index is 1.79. The molecule has 150 valence electrons. The first-order chi connectivity index (χ1) is 14.4. The lowest BCUT2D eigenvalue weighted by molar-refractivity contribution is 0.102. The van der Waals surface area contributed by atoms with Crippen LogP contribution in [0, 0.1) is 0 Å². The fraction of sp³-hybridized carbons (Fsp3) is 0.0455. The van der Waals surface area contributed by atoms with E-state index in [0.717, 1.165) is 5.56 Å². The van der Waals surface area contributed by atoms with Crippen LogP contribution in [-0.4, -0.2) is 15.5 Å². The van der Waals surface area contributed by atoms with Gasteiger partial charge in [0.25, 0.3) is 11.5 Å². The van der Waals surface area contributed by atoms with Crippen molar-refractivity contribution in [1.29, 1.82) is 0 Å². The fourth-order valence-electron chi connectivity index (χ4n) is 3.07. The van der Waals surface area contributed by atoms with Gasteiger partial charge >= 0.3 is 0 Å². The molecule has 0 bridgehead atoms. The molecule has 4 rings (SSSR count). The summed E-state index contributed by atoms with van der Waals surface area (Å²) in [7, 11) is 0. The van der Waals surface area contributed by atoms with Crippen LogP contribution in [0.1, 0.15) is 15.9 Å². The fourth-order valence-corrected chi connectivity index (χ4v) is 3.53. The standard InChI is InChI=1S/C22H14Cl3N3O2/c23-15-5-3-13(4-6-15)12-28-20-14(2-1-9-26-20)10-17(22(28)30)21(29)27-19-11-16(24)7-8-18(19)25/h1-11H,12H2,(H,27,29). The van der Waals surface area contributed by atoms with Crippen LogP contribution in [0.2, 0.25) is 15.1 Å². The summed E-state index contributed by atoms with van der Waals surface area (Å²) in [5.41, 5.74) is 1.16. The van der Waals surface area contributed by atoms with Crippen LogP contribution in [0.5, 0.6) is 0 Å². The Hall–Kier alpha value is -2.86. The molecule has 0 saturated heterocycles. The number of nitrogens with zero attached hydrogens (tertiary/aromatic N) is 2. The number of pyridine rings is 2. The molecule has 1 amide bonds. The van der Waals surface area contributed by atoms with Crippen LogP contribution >= 0.6 is 34.8 Å². The third kappa shape index (κ3) is 4.19. The minimum Gasteiger partial charge on any atom is -0.320 e. The molecule has 0 aliphatic heterocycles. The number of fused-ring (bicyclic) bond motifs is 1. The van der Waals surface area contributed by atoms with Crippen molar-refractivity contribution in [1.82, 2.24) is 9.55 Å². The third-order valence-electron chi connectivity index (χ3n) is 4.52. The first kappa shape index (κ1) is 20.4. The highest BCUT2D eigenvalue weighted by Crippen LogP contribution is 2.26. The Bertz CT molecular complexity index is 1320. The molecule has 0 aliphatic carbocycles. The molecular formula is C22H14Cl3N3O2. The van der Waals surface area contributed by atoms with Crippen LogP contribution in [0.15, 0.2) is 71.7 Å². The number of carbonyl (C=O) groups excluding carboxylic acids is 1. The maximum Gasteiger partial charge on any atom is 0.265 e. The summed E-state index contributed by atoms with van der Waals surface area (Å²) in [6.45, 7) is 0.239. The molecule has 2 heterocycles. The number of hydrogen-bond acceptors (Lipinski definition) is 3. The summed E-state index contributed by atoms with van der Waals surface area (Å²) in [5, 5.41) is 4.65. The molecule has 0 radical (unpaired) electrons. The zero-order chi connectivity index (χ0) is 21.3. The van der Waals surface area contributed by atoms with Crippen molar-refractivity contribution in [3.63, 3.8) is 0 Å². The van der Waals surface area contributed by atoms with Crippen LogP contribution in [-0.2, 0) is 6.54 Å². The predicted molar refractivity (Wildman–Crippen MR) is 121 cm³/mol. The average molecular weight is 459 g/mol. The van der Waals surface area contributed by atoms with Crippen LogP contribution in [0.4, 0.5) is 5.69 Å². The molecule has 0 aliphatic rings. The van der Waals surface area contributed by atoms with Gasteiger partial charge in [-0.15, -0.1) is 0 Å². The number of halogens is 3. The van der Waals surface area contributed by atoms with Crippen molar-refractivity contribution in [3.8, 4) is 0 Å². The lowest BCUT2D eigenvalue weighted by Crippen LogP contribution is -2.30. The molecule has 0 unspecified atom stereocenters. The second-order valence-corrected chi connectivity index (χ2v) is 7.85. The van der Waals surface area contributed by atoms with E-state index >= 15 is 0 Å². The zero-order valence-corrected chi connectivity index (χ0v) is 17.7. The Morgan fingerprint density at radius 1 is 0.967 bits per heavy atom. The number of rotatable bonds is 4. The molecular weight excluding hydrogens is 445 g/mol. The van der Waals surface area contributed by atoms with Crippen LogP contribution in [0.3, 0.4) is 0 Å². The molecule has 2 aromatic carbocycles. The van der Waals surface area contributed by atoms with E-state index < -0.39 is 11.5 Å². The van der Waals surface area contributed by atoms with Gasteiger partial charge in [-0.05, 0) is 54.1 Å². The first-order valence-corrected chi connectivity index (χ1v) is 10.0. The second-order valence-electron chi connectivity index (χ2n) is 6.57. The maximum atomic E-state index is 13.2. The van der Waals surface area contributed by atoms with E-state index in [0.29, 0.717) is 31.8 Å². The van der Waals surface area contributed by atoms with Crippen molar-refractivity contribution >= 4 is 57.4 Å². The molecule has 8 heteroatoms. The molecule has 4 aromatic rings. The summed E-state index contributed by atoms with van der Waals surface area (Å²) in [5.74, 6) is -0.584. The van der Waals surface area contributed by atoms with Crippen molar-refractivity contribution in [2.24, 2.45) is 0 Å². The van der Waals surface area contributed by atoms with Gasteiger partial charge in [0.05, 0.1) is 17.3 Å². The van der Waals surface area contributed by atoms with Crippen molar-refractivity contribution in [2.45, 2.75) is 6.54 Å². The lowest BCUT2D eigenvalue weighted by Gasteiger charge is -2.13. The quantitative estimate of drug-likeness (QED) is 0.429. The van der Waals surface area contributed by atoms with Gasteiger partial charge in [-0.3, -0.25) is 14.2 Å². The van der Waals surface area contributed by atoms with E-state index in [9.17, 15) is 9.59 Å². The monoisotopic (exact) mass is 457 g/mol. The number of benzene rings is 2. The molecule has 30 heavy (non-hydrogen) atoms. The number of carbonyl (C=O) groups is 1. The summed E-state index contributed by atoms with van der Waals surface area (Å²) in [4.78, 5) is 30.5. The molecule has 0 atom stereocenters. The highest BCUT2D eigenvalue weighted by molar-refractivity contribution is 6.36. The van der Waals surface area contributed by atoms with Gasteiger partial charge < -0.3 is 5.32 Å². The van der Waals surface area contributed by atoms with E-state index in [1.807, 2.05) is 12.1 Å². The molecule has 0 fully saturated rings. The van der Waals surface area contributed by atoms with E-state index in [1.54, 1.807) is 42.6 Å². The van der Waals surface area contributed by atoms with Crippen molar-refractivity contribution in [2.75, 3.05) is 5.32 Å². The Morgan fingerprint density at radius 2 is 1.70 bits per heavy atom. The van der Waals surface area contributed by atoms with Gasteiger partial charge in [0.15, 0.2) is 0 Å². The van der Waals surface area contributed by atoms with Gasteiger partial charge in [-0.2, -0.15) is 0 Å². The number of aromatic nitrogens is 2. The lowest BCUT2D eigenvalue weighted by atomic mass is 10.1. The SMILES string of the molecule is O=C(Nc1cc(Cl)ccc1Cl)c1cc2cccnc2n(Cc2ccc(Cl)cc2)c1=O. The molecule has 0 saturated carbocycles. The predicted octanol–water partition coefficient (Wildman–Crippen LogP) is 5.66. The van der Waals surface area contributed by atoms with Gasteiger partial charge in [-0.25, -0.2) is 4.98 Å². The smallest absolute Gasteiger partial charge is 0.265 e. The van der Waals surface area contributed by atoms with Gasteiger partial charge in [0.1, 0.15) is 11.2 Å². The van der Waals surface area contributed by atoms with Crippen LogP contribution in [0.25, 0.3) is 11.0 Å². The summed E-state index contributed by atoms with van der Waals surface area (Å²) in [6.07, 6.45) is 1.60. The summed E-state index contributed by atoms with van der Waals surface area (Å²) >= 11 is 18.1. The van der Waals surface area contributed by atoms with Crippen molar-refractivity contribution in [3.05, 3.63) is 103 Å². The maximum absolute atomic E-state index is 13.2. The van der Waals surface area contributed by atoms with Crippen molar-refractivity contribution < 1.29 is 4.79 Å². The first-order valence-electron chi connectivity index (χ1n) is 8.92. The third-order valence-corrected chi connectivity index (χ3v) is 5.34. The van der Waals surface area contributed by atoms with E-state index in [1.165, 1.54) is 16.7 Å². The molecule has 5 nitrogen and oxygen atoms in total. The minimum absolute atomic E-state index is 0.0273. The average Bonchev–Trinajstić information content (AvgIpc) is 2.74. The Morgan fingerprint density at radius 3 is 2.47 bits per heavy atom. The number of amides is 1. The second kappa shape index (κ2) is 8.48. The highest BCUT2D eigenvalue weighted by atomic mass is 35.5. The van der Waals surface area contributed by atoms with E-state index in [2.05, 4.69) is 10.3 Å². The number of nitrogens with one attached hydrogen (secondary N) is 1. The van der Waals surface area contributed by atoms with Gasteiger partial charge in [0, 0.05) is 21.6 Å². The summed E-state index contributed by atoms with van der Waals surface area (Å²) in [6, 6.07) is 16.9. The largest absolute Gasteiger partial charge is 0.320 e. The van der Waals surface area contributed by atoms with E-state index in [4.69, 9.17) is 34.8 Å². The van der Waals surface area contributed by atoms with Gasteiger partial charge in [-0.1, -0.05) is 46.9 Å². The zero-order valence-electron chi connectivity index (χ0n) is 15.4. The topological polar surface area (TPSA) is 64.0 Å². The highest BCUT2D eigenvalue weighted by Gasteiger charge is 2.18. The normalized spacial score (nSPS) is 10.9. The van der Waals surface area contributed by atoms with Gasteiger partial charge in [0.2, 0.25) is 0 Å². The molecule has 0 spiro atoms. The minimum atomic E-state index is -0.584. The summed E-state index contributed by atoms with van der Waals surface area (Å²) < 4.78 is 1.47. The molecule has 1 N–H and O–H groups in total. The number of anilines is 1. The Kier molecular flexibility index (Phi) is 5.77. The number of hydrogen-bond donors (Lipinski definition) is 1. The molecule has 2 aromatic heterocycles.